The van der Waals surface area contributed by atoms with Crippen molar-refractivity contribution in [1.29, 1.82) is 0 Å². The number of oxime groups is 1. The van der Waals surface area contributed by atoms with Crippen LogP contribution in [-0.4, -0.2) is 40.2 Å². The Morgan fingerprint density at radius 3 is 2.75 bits per heavy atom. The Labute approximate surface area is 69.3 Å². The molecule has 1 atom stereocenters. The van der Waals surface area contributed by atoms with Crippen molar-refractivity contribution in [1.82, 2.24) is 4.90 Å². The zero-order valence-electron chi connectivity index (χ0n) is 6.47. The van der Waals surface area contributed by atoms with Crippen molar-refractivity contribution in [2.45, 2.75) is 6.42 Å². The Balaban J connectivity index is 2.51. The minimum absolute atomic E-state index is 0.110. The van der Waals surface area contributed by atoms with E-state index in [1.54, 1.807) is 0 Å². The third kappa shape index (κ3) is 1.58. The van der Waals surface area contributed by atoms with Crippen LogP contribution in [0, 0.1) is 5.92 Å². The van der Waals surface area contributed by atoms with Gasteiger partial charge in [-0.25, -0.2) is 4.79 Å². The summed E-state index contributed by atoms with van der Waals surface area (Å²) >= 11 is 0. The Morgan fingerprint density at radius 1 is 1.67 bits per heavy atom. The first kappa shape index (κ1) is 8.63. The molecule has 1 fully saturated rings. The lowest BCUT2D eigenvalue weighted by molar-refractivity contribution is 0.155. The minimum atomic E-state index is -0.955. The summed E-state index contributed by atoms with van der Waals surface area (Å²) in [5, 5.41) is 19.7. The summed E-state index contributed by atoms with van der Waals surface area (Å²) in [4.78, 5) is 11.7. The second-order valence-electron chi connectivity index (χ2n) is 2.74. The number of hydrogen-bond acceptors (Lipinski definition) is 3. The van der Waals surface area contributed by atoms with Gasteiger partial charge in [0.1, 0.15) is 5.84 Å². The van der Waals surface area contributed by atoms with Crippen LogP contribution in [-0.2, 0) is 0 Å². The Morgan fingerprint density at radius 2 is 2.33 bits per heavy atom. The molecule has 0 radical (unpaired) electrons. The maximum absolute atomic E-state index is 10.4. The van der Waals surface area contributed by atoms with E-state index in [4.69, 9.17) is 16.0 Å². The predicted octanol–water partition coefficient (Wildman–Crippen LogP) is -0.267. The number of hydrogen-bond donors (Lipinski definition) is 3. The molecule has 4 N–H and O–H groups in total. The van der Waals surface area contributed by atoms with Gasteiger partial charge in [0.2, 0.25) is 0 Å². The molecule has 0 bridgehead atoms. The van der Waals surface area contributed by atoms with E-state index in [-0.39, 0.29) is 11.8 Å². The van der Waals surface area contributed by atoms with E-state index in [0.29, 0.717) is 19.5 Å². The van der Waals surface area contributed by atoms with Crippen LogP contribution in [0.5, 0.6) is 0 Å². The fourth-order valence-electron chi connectivity index (χ4n) is 1.26. The summed E-state index contributed by atoms with van der Waals surface area (Å²) in [6.07, 6.45) is -0.328. The second-order valence-corrected chi connectivity index (χ2v) is 2.74. The number of rotatable bonds is 1. The van der Waals surface area contributed by atoms with E-state index in [0.717, 1.165) is 0 Å². The first-order valence-corrected chi connectivity index (χ1v) is 3.60. The van der Waals surface area contributed by atoms with Gasteiger partial charge < -0.3 is 20.9 Å². The number of carbonyl (C=O) groups is 1. The molecule has 1 saturated heterocycles. The van der Waals surface area contributed by atoms with Crippen molar-refractivity contribution in [2.24, 2.45) is 16.8 Å². The normalized spacial score (nSPS) is 24.5. The molecule has 68 valence electrons. The highest BCUT2D eigenvalue weighted by Gasteiger charge is 2.28. The zero-order valence-corrected chi connectivity index (χ0v) is 6.47. The average molecular weight is 173 g/mol. The maximum atomic E-state index is 10.4. The van der Waals surface area contributed by atoms with Gasteiger partial charge in [0.05, 0.1) is 0 Å². The van der Waals surface area contributed by atoms with Crippen LogP contribution in [0.1, 0.15) is 6.42 Å². The zero-order chi connectivity index (χ0) is 9.14. The number of amidine groups is 1. The fraction of sp³-hybridized carbons (Fsp3) is 0.667. The van der Waals surface area contributed by atoms with Crippen molar-refractivity contribution in [3.63, 3.8) is 0 Å². The number of likely N-dealkylation sites (tertiary alicyclic amines) is 1. The van der Waals surface area contributed by atoms with Gasteiger partial charge in [-0.05, 0) is 6.42 Å². The van der Waals surface area contributed by atoms with Gasteiger partial charge in [-0.3, -0.25) is 0 Å². The van der Waals surface area contributed by atoms with Crippen LogP contribution in [0.15, 0.2) is 5.16 Å². The van der Waals surface area contributed by atoms with Gasteiger partial charge in [-0.15, -0.1) is 0 Å². The lowest BCUT2D eigenvalue weighted by Gasteiger charge is -2.10. The molecule has 1 aliphatic heterocycles. The third-order valence-electron chi connectivity index (χ3n) is 1.99. The summed E-state index contributed by atoms with van der Waals surface area (Å²) in [5.41, 5.74) is 5.32. The highest BCUT2D eigenvalue weighted by atomic mass is 16.4. The maximum Gasteiger partial charge on any atom is 0.407 e. The van der Waals surface area contributed by atoms with E-state index in [1.807, 2.05) is 0 Å². The predicted molar refractivity (Wildman–Crippen MR) is 41.1 cm³/mol. The molecule has 0 unspecified atom stereocenters. The molecular formula is C6H11N3O3. The van der Waals surface area contributed by atoms with Crippen molar-refractivity contribution >= 4 is 11.9 Å². The molecule has 0 aromatic rings. The Hall–Kier alpha value is -1.46. The topological polar surface area (TPSA) is 99.2 Å². The van der Waals surface area contributed by atoms with Gasteiger partial charge in [0.15, 0.2) is 0 Å². The molecule has 0 saturated carbocycles. The molecule has 1 aliphatic rings. The molecular weight excluding hydrogens is 162 g/mol. The fourth-order valence-corrected chi connectivity index (χ4v) is 1.26. The quantitative estimate of drug-likeness (QED) is 0.220. The molecule has 1 heterocycles. The molecule has 12 heavy (non-hydrogen) atoms. The lowest BCUT2D eigenvalue weighted by atomic mass is 10.1. The number of carboxylic acid groups (broad SMARTS) is 1. The highest BCUT2D eigenvalue weighted by molar-refractivity contribution is 5.83. The smallest absolute Gasteiger partial charge is 0.407 e. The second kappa shape index (κ2) is 3.29. The van der Waals surface area contributed by atoms with E-state index < -0.39 is 6.09 Å². The first-order chi connectivity index (χ1) is 5.65. The molecule has 0 aromatic carbocycles. The van der Waals surface area contributed by atoms with Gasteiger partial charge in [-0.1, -0.05) is 5.16 Å². The molecule has 0 aliphatic carbocycles. The van der Waals surface area contributed by atoms with Crippen molar-refractivity contribution in [2.75, 3.05) is 13.1 Å². The lowest BCUT2D eigenvalue weighted by Crippen LogP contribution is -2.30. The van der Waals surface area contributed by atoms with Gasteiger partial charge >= 0.3 is 6.09 Å². The molecule has 0 aromatic heterocycles. The third-order valence-corrected chi connectivity index (χ3v) is 1.99. The largest absolute Gasteiger partial charge is 0.465 e. The summed E-state index contributed by atoms with van der Waals surface area (Å²) in [5.74, 6) is -0.0233. The van der Waals surface area contributed by atoms with Gasteiger partial charge in [0.25, 0.3) is 0 Å². The van der Waals surface area contributed by atoms with Crippen molar-refractivity contribution in [3.8, 4) is 0 Å². The monoisotopic (exact) mass is 173 g/mol. The molecule has 1 amide bonds. The Kier molecular flexibility index (Phi) is 2.37. The summed E-state index contributed by atoms with van der Waals surface area (Å²) in [6, 6.07) is 0. The minimum Gasteiger partial charge on any atom is -0.465 e. The molecule has 1 rings (SSSR count). The molecule has 6 nitrogen and oxygen atoms in total. The highest BCUT2D eigenvalue weighted by Crippen LogP contribution is 2.15. The van der Waals surface area contributed by atoms with Crippen molar-refractivity contribution in [3.05, 3.63) is 0 Å². The van der Waals surface area contributed by atoms with Gasteiger partial charge in [0, 0.05) is 19.0 Å². The standard InChI is InChI=1S/C6H11N3O3/c7-5(8-12)4-1-2-9(3-4)6(10)11/h4,12H,1-3H2,(H2,7,8)(H,10,11)/t4-/m1/s1. The Bertz CT molecular complexity index is 216. The van der Waals surface area contributed by atoms with Crippen molar-refractivity contribution < 1.29 is 15.1 Å². The number of nitrogens with zero attached hydrogens (tertiary/aromatic N) is 2. The van der Waals surface area contributed by atoms with Crippen LogP contribution in [0.25, 0.3) is 0 Å². The van der Waals surface area contributed by atoms with E-state index in [2.05, 4.69) is 5.16 Å². The van der Waals surface area contributed by atoms with Gasteiger partial charge in [-0.2, -0.15) is 0 Å². The number of nitrogens with two attached hydrogens (primary N) is 1. The van der Waals surface area contributed by atoms with E-state index in [1.165, 1.54) is 4.90 Å². The summed E-state index contributed by atoms with van der Waals surface area (Å²) in [6.45, 7) is 0.779. The van der Waals surface area contributed by atoms with Crippen LogP contribution in [0.2, 0.25) is 0 Å². The first-order valence-electron chi connectivity index (χ1n) is 3.60. The number of amides is 1. The van der Waals surface area contributed by atoms with E-state index >= 15 is 0 Å². The van der Waals surface area contributed by atoms with Crippen LogP contribution in [0.4, 0.5) is 4.79 Å². The molecule has 6 heteroatoms. The van der Waals surface area contributed by atoms with E-state index in [9.17, 15) is 4.79 Å². The summed E-state index contributed by atoms with van der Waals surface area (Å²) < 4.78 is 0. The average Bonchev–Trinajstić information content (AvgIpc) is 2.51. The van der Waals surface area contributed by atoms with Crippen LogP contribution in [0.3, 0.4) is 0 Å². The van der Waals surface area contributed by atoms with Crippen LogP contribution < -0.4 is 5.73 Å². The SMILES string of the molecule is N/C(=N/O)[C@@H]1CCN(C(=O)O)C1. The molecule has 0 spiro atoms. The summed E-state index contributed by atoms with van der Waals surface area (Å²) in [7, 11) is 0. The van der Waals surface area contributed by atoms with Crippen LogP contribution >= 0.6 is 0 Å².